The van der Waals surface area contributed by atoms with Gasteiger partial charge in [-0.25, -0.2) is 0 Å². The monoisotopic (exact) mass is 441 g/mol. The number of hydrogen-bond donors (Lipinski definition) is 0. The normalized spacial score (nSPS) is 15.9. The number of rotatable bonds is 10. The molecule has 1 heterocycles. The lowest BCUT2D eigenvalue weighted by Gasteiger charge is -2.36. The second-order valence-corrected chi connectivity index (χ2v) is 8.14. The molecule has 1 aliphatic rings. The molecule has 1 unspecified atom stereocenters. The van der Waals surface area contributed by atoms with Crippen molar-refractivity contribution in [2.45, 2.75) is 51.0 Å². The summed E-state index contributed by atoms with van der Waals surface area (Å²) in [5, 5.41) is 0. The van der Waals surface area contributed by atoms with Gasteiger partial charge in [-0.2, -0.15) is 0 Å². The third-order valence-electron chi connectivity index (χ3n) is 6.26. The molecule has 0 radical (unpaired) electrons. The van der Waals surface area contributed by atoms with Gasteiger partial charge < -0.3 is 23.8 Å². The molecule has 6 nitrogen and oxygen atoms in total. The summed E-state index contributed by atoms with van der Waals surface area (Å²) in [6.45, 7) is 0.838. The molecule has 0 N–H and O–H groups in total. The van der Waals surface area contributed by atoms with Gasteiger partial charge in [0.05, 0.1) is 28.4 Å². The highest BCUT2D eigenvalue weighted by molar-refractivity contribution is 5.77. The van der Waals surface area contributed by atoms with E-state index in [2.05, 4.69) is 11.0 Å². The molecule has 0 bridgehead atoms. The fraction of sp³-hybridized carbons (Fsp3) is 0.500. The van der Waals surface area contributed by atoms with E-state index in [0.29, 0.717) is 12.8 Å². The van der Waals surface area contributed by atoms with Gasteiger partial charge in [-0.3, -0.25) is 4.79 Å². The maximum atomic E-state index is 13.1. The number of methoxy groups -OCH3 is 4. The number of ether oxygens (including phenoxy) is 4. The first kappa shape index (κ1) is 23.8. The van der Waals surface area contributed by atoms with Crippen molar-refractivity contribution in [3.63, 3.8) is 0 Å². The van der Waals surface area contributed by atoms with E-state index >= 15 is 0 Å². The summed E-state index contributed by atoms with van der Waals surface area (Å²) in [6, 6.07) is 12.0. The van der Waals surface area contributed by atoms with Crippen LogP contribution >= 0.6 is 0 Å². The summed E-state index contributed by atoms with van der Waals surface area (Å²) >= 11 is 0. The van der Waals surface area contributed by atoms with Gasteiger partial charge in [-0.05, 0) is 80.0 Å². The van der Waals surface area contributed by atoms with Crippen molar-refractivity contribution >= 4 is 5.91 Å². The summed E-state index contributed by atoms with van der Waals surface area (Å²) in [6.07, 6.45) is 6.25. The molecule has 6 heteroatoms. The highest BCUT2D eigenvalue weighted by Gasteiger charge is 2.26. The van der Waals surface area contributed by atoms with Crippen LogP contribution in [0.2, 0.25) is 0 Å². The minimum Gasteiger partial charge on any atom is -0.497 e. The van der Waals surface area contributed by atoms with Crippen LogP contribution in [-0.2, 0) is 17.6 Å². The Morgan fingerprint density at radius 1 is 0.875 bits per heavy atom. The zero-order valence-electron chi connectivity index (χ0n) is 19.7. The third-order valence-corrected chi connectivity index (χ3v) is 6.26. The Hall–Kier alpha value is -2.89. The molecule has 32 heavy (non-hydrogen) atoms. The third kappa shape index (κ3) is 5.87. The Kier molecular flexibility index (Phi) is 8.65. The summed E-state index contributed by atoms with van der Waals surface area (Å²) < 4.78 is 21.6. The first-order chi connectivity index (χ1) is 15.6. The Balaban J connectivity index is 1.62. The lowest BCUT2D eigenvalue weighted by Crippen LogP contribution is -2.44. The van der Waals surface area contributed by atoms with E-state index in [0.717, 1.165) is 60.8 Å². The molecule has 1 saturated heterocycles. The summed E-state index contributed by atoms with van der Waals surface area (Å²) in [5.74, 6) is 3.26. The van der Waals surface area contributed by atoms with E-state index < -0.39 is 0 Å². The molecule has 0 aliphatic carbocycles. The second kappa shape index (κ2) is 11.7. The van der Waals surface area contributed by atoms with Crippen LogP contribution in [0.1, 0.15) is 43.2 Å². The number of carbonyl (C=O) groups excluding carboxylic acids is 1. The number of nitrogens with zero attached hydrogens (tertiary/aromatic N) is 1. The van der Waals surface area contributed by atoms with Crippen molar-refractivity contribution in [2.75, 3.05) is 35.0 Å². The average Bonchev–Trinajstić information content (AvgIpc) is 2.85. The smallest absolute Gasteiger partial charge is 0.223 e. The van der Waals surface area contributed by atoms with Crippen LogP contribution in [0.25, 0.3) is 0 Å². The number of aryl methyl sites for hydroxylation is 2. The Bertz CT molecular complexity index is 898. The maximum absolute atomic E-state index is 13.1. The van der Waals surface area contributed by atoms with Crippen molar-refractivity contribution in [1.82, 2.24) is 4.90 Å². The van der Waals surface area contributed by atoms with E-state index in [4.69, 9.17) is 18.9 Å². The molecule has 0 saturated carbocycles. The SMILES string of the molecule is COc1ccc(OC)c(CCC(=O)N2CCCCC2CCc2ccc(OC)c(OC)c2)c1. The second-order valence-electron chi connectivity index (χ2n) is 8.14. The molecule has 3 rings (SSSR count). The van der Waals surface area contributed by atoms with Crippen molar-refractivity contribution in [3.8, 4) is 23.0 Å². The van der Waals surface area contributed by atoms with Gasteiger partial charge in [-0.1, -0.05) is 6.07 Å². The number of piperidine rings is 1. The van der Waals surface area contributed by atoms with Crippen molar-refractivity contribution in [2.24, 2.45) is 0 Å². The lowest BCUT2D eigenvalue weighted by atomic mass is 9.95. The summed E-state index contributed by atoms with van der Waals surface area (Å²) in [4.78, 5) is 15.2. The van der Waals surface area contributed by atoms with E-state index in [-0.39, 0.29) is 11.9 Å². The van der Waals surface area contributed by atoms with Crippen LogP contribution in [0, 0.1) is 0 Å². The van der Waals surface area contributed by atoms with Gasteiger partial charge >= 0.3 is 0 Å². The van der Waals surface area contributed by atoms with Crippen molar-refractivity contribution < 1.29 is 23.7 Å². The quantitative estimate of drug-likeness (QED) is 0.536. The Morgan fingerprint density at radius 3 is 2.34 bits per heavy atom. The predicted molar refractivity (Wildman–Crippen MR) is 125 cm³/mol. The zero-order valence-corrected chi connectivity index (χ0v) is 19.7. The standard InChI is InChI=1S/C26H35NO5/c1-29-22-12-14-23(30-2)20(18-22)10-15-26(28)27-16-6-5-7-21(27)11-8-19-9-13-24(31-3)25(17-19)32-4/h9,12-14,17-18,21H,5-8,10-11,15-16H2,1-4H3. The molecule has 0 spiro atoms. The zero-order chi connectivity index (χ0) is 22.9. The van der Waals surface area contributed by atoms with E-state index in [1.807, 2.05) is 30.3 Å². The summed E-state index contributed by atoms with van der Waals surface area (Å²) in [7, 11) is 6.60. The van der Waals surface area contributed by atoms with Crippen molar-refractivity contribution in [1.29, 1.82) is 0 Å². The van der Waals surface area contributed by atoms with Crippen LogP contribution < -0.4 is 18.9 Å². The Morgan fingerprint density at radius 2 is 1.62 bits per heavy atom. The predicted octanol–water partition coefficient (Wildman–Crippen LogP) is 4.67. The number of likely N-dealkylation sites (tertiary alicyclic amines) is 1. The van der Waals surface area contributed by atoms with Gasteiger partial charge in [0.2, 0.25) is 5.91 Å². The van der Waals surface area contributed by atoms with E-state index in [1.165, 1.54) is 12.0 Å². The van der Waals surface area contributed by atoms with Gasteiger partial charge in [0.25, 0.3) is 0 Å². The van der Waals surface area contributed by atoms with Gasteiger partial charge in [-0.15, -0.1) is 0 Å². The van der Waals surface area contributed by atoms with Crippen molar-refractivity contribution in [3.05, 3.63) is 47.5 Å². The van der Waals surface area contributed by atoms with Crippen LogP contribution in [0.15, 0.2) is 36.4 Å². The molecule has 1 aliphatic heterocycles. The molecule has 1 amide bonds. The first-order valence-corrected chi connectivity index (χ1v) is 11.3. The van der Waals surface area contributed by atoms with Crippen LogP contribution in [-0.4, -0.2) is 51.8 Å². The molecular formula is C26H35NO5. The molecule has 2 aromatic carbocycles. The number of carbonyl (C=O) groups is 1. The molecule has 1 fully saturated rings. The molecule has 174 valence electrons. The largest absolute Gasteiger partial charge is 0.497 e. The van der Waals surface area contributed by atoms with Crippen LogP contribution in [0.5, 0.6) is 23.0 Å². The number of amides is 1. The van der Waals surface area contributed by atoms with E-state index in [9.17, 15) is 4.79 Å². The van der Waals surface area contributed by atoms with Gasteiger partial charge in [0, 0.05) is 19.0 Å². The molecular weight excluding hydrogens is 406 g/mol. The fourth-order valence-corrected chi connectivity index (χ4v) is 4.46. The number of hydrogen-bond acceptors (Lipinski definition) is 5. The lowest BCUT2D eigenvalue weighted by molar-refractivity contribution is -0.135. The minimum atomic E-state index is 0.215. The Labute approximate surface area is 191 Å². The highest BCUT2D eigenvalue weighted by atomic mass is 16.5. The van der Waals surface area contributed by atoms with Gasteiger partial charge in [0.1, 0.15) is 11.5 Å². The van der Waals surface area contributed by atoms with E-state index in [1.54, 1.807) is 28.4 Å². The number of benzene rings is 2. The molecule has 0 aromatic heterocycles. The van der Waals surface area contributed by atoms with Gasteiger partial charge in [0.15, 0.2) is 11.5 Å². The average molecular weight is 442 g/mol. The minimum absolute atomic E-state index is 0.215. The van der Waals surface area contributed by atoms with Crippen LogP contribution in [0.3, 0.4) is 0 Å². The first-order valence-electron chi connectivity index (χ1n) is 11.3. The highest BCUT2D eigenvalue weighted by Crippen LogP contribution is 2.30. The maximum Gasteiger partial charge on any atom is 0.223 e. The fourth-order valence-electron chi connectivity index (χ4n) is 4.46. The molecule has 2 aromatic rings. The molecule has 1 atom stereocenters. The topological polar surface area (TPSA) is 57.2 Å². The van der Waals surface area contributed by atoms with Crippen LogP contribution in [0.4, 0.5) is 0 Å². The summed E-state index contributed by atoms with van der Waals surface area (Å²) in [5.41, 5.74) is 2.20.